The Bertz CT molecular complexity index is 262. The number of fused-ring (bicyclic) bond motifs is 2. The molecule has 1 saturated carbocycles. The van der Waals surface area contributed by atoms with Crippen LogP contribution in [0.15, 0.2) is 0 Å². The monoisotopic (exact) mass is 208 g/mol. The molecular weight excluding hydrogens is 188 g/mol. The van der Waals surface area contributed by atoms with Crippen LogP contribution in [0.1, 0.15) is 38.5 Å². The fourth-order valence-electron chi connectivity index (χ4n) is 3.06. The Morgan fingerprint density at radius 3 is 2.60 bits per heavy atom. The van der Waals surface area contributed by atoms with Crippen molar-refractivity contribution in [2.75, 3.05) is 13.1 Å². The standard InChI is InChI=1S/C12H20N2O/c15-12(9-2-1-3-9)14-7-6-10-4-5-11(8-14)13-10/h9-11,13H,1-8H2. The number of likely N-dealkylation sites (tertiary alicyclic amines) is 1. The van der Waals surface area contributed by atoms with E-state index in [1.807, 2.05) is 0 Å². The molecule has 1 aliphatic carbocycles. The number of nitrogens with zero attached hydrogens (tertiary/aromatic N) is 1. The highest BCUT2D eigenvalue weighted by Crippen LogP contribution is 2.30. The molecule has 2 saturated heterocycles. The fraction of sp³-hybridized carbons (Fsp3) is 0.917. The Morgan fingerprint density at radius 1 is 1.07 bits per heavy atom. The Balaban J connectivity index is 1.63. The molecule has 0 aromatic carbocycles. The van der Waals surface area contributed by atoms with Gasteiger partial charge in [0.15, 0.2) is 0 Å². The van der Waals surface area contributed by atoms with E-state index in [4.69, 9.17) is 0 Å². The first-order chi connectivity index (χ1) is 7.33. The summed E-state index contributed by atoms with van der Waals surface area (Å²) >= 11 is 0. The van der Waals surface area contributed by atoms with Crippen molar-refractivity contribution in [3.8, 4) is 0 Å². The van der Waals surface area contributed by atoms with Gasteiger partial charge in [0.1, 0.15) is 0 Å². The third-order valence-electron chi connectivity index (χ3n) is 4.29. The van der Waals surface area contributed by atoms with Crippen molar-refractivity contribution in [3.63, 3.8) is 0 Å². The van der Waals surface area contributed by atoms with Crippen molar-refractivity contribution in [1.29, 1.82) is 0 Å². The Kier molecular flexibility index (Phi) is 2.43. The van der Waals surface area contributed by atoms with E-state index in [9.17, 15) is 4.79 Å². The minimum atomic E-state index is 0.377. The molecule has 1 N–H and O–H groups in total. The third-order valence-corrected chi connectivity index (χ3v) is 4.29. The van der Waals surface area contributed by atoms with Crippen LogP contribution in [0.4, 0.5) is 0 Å². The lowest BCUT2D eigenvalue weighted by Crippen LogP contribution is -2.43. The number of carbonyl (C=O) groups excluding carboxylic acids is 1. The smallest absolute Gasteiger partial charge is 0.225 e. The maximum Gasteiger partial charge on any atom is 0.225 e. The van der Waals surface area contributed by atoms with Gasteiger partial charge < -0.3 is 10.2 Å². The molecule has 0 spiro atoms. The lowest BCUT2D eigenvalue weighted by molar-refractivity contribution is -0.138. The lowest BCUT2D eigenvalue weighted by atomic mass is 9.84. The third kappa shape index (κ3) is 1.78. The summed E-state index contributed by atoms with van der Waals surface area (Å²) in [6, 6.07) is 1.27. The maximum atomic E-state index is 12.1. The summed E-state index contributed by atoms with van der Waals surface area (Å²) in [6.07, 6.45) is 7.27. The van der Waals surface area contributed by atoms with Gasteiger partial charge in [-0.05, 0) is 32.1 Å². The van der Waals surface area contributed by atoms with E-state index in [1.165, 1.54) is 19.3 Å². The average molecular weight is 208 g/mol. The van der Waals surface area contributed by atoms with Gasteiger partial charge in [0.25, 0.3) is 0 Å². The van der Waals surface area contributed by atoms with Gasteiger partial charge in [0.2, 0.25) is 5.91 Å². The first kappa shape index (κ1) is 9.64. The largest absolute Gasteiger partial charge is 0.341 e. The second kappa shape index (κ2) is 3.78. The molecule has 2 aliphatic heterocycles. The summed E-state index contributed by atoms with van der Waals surface area (Å²) in [6.45, 7) is 1.95. The molecule has 1 amide bonds. The first-order valence-electron chi connectivity index (χ1n) is 6.38. The number of hydrogen-bond donors (Lipinski definition) is 1. The zero-order valence-electron chi connectivity index (χ0n) is 9.24. The minimum absolute atomic E-state index is 0.377. The molecule has 2 atom stereocenters. The van der Waals surface area contributed by atoms with E-state index >= 15 is 0 Å². The predicted octanol–water partition coefficient (Wildman–Crippen LogP) is 1.14. The van der Waals surface area contributed by atoms with Crippen LogP contribution in [0.25, 0.3) is 0 Å². The number of rotatable bonds is 1. The van der Waals surface area contributed by atoms with Crippen molar-refractivity contribution in [2.45, 2.75) is 50.6 Å². The van der Waals surface area contributed by atoms with E-state index in [-0.39, 0.29) is 0 Å². The molecule has 0 aromatic rings. The summed E-state index contributed by atoms with van der Waals surface area (Å²) in [7, 11) is 0. The van der Waals surface area contributed by atoms with Gasteiger partial charge in [-0.15, -0.1) is 0 Å². The van der Waals surface area contributed by atoms with Gasteiger partial charge in [-0.25, -0.2) is 0 Å². The molecule has 2 heterocycles. The molecule has 2 bridgehead atoms. The number of amides is 1. The molecule has 3 rings (SSSR count). The van der Waals surface area contributed by atoms with Crippen LogP contribution in [-0.4, -0.2) is 36.0 Å². The molecule has 84 valence electrons. The number of nitrogens with one attached hydrogen (secondary N) is 1. The quantitative estimate of drug-likeness (QED) is 0.701. The summed E-state index contributed by atoms with van der Waals surface area (Å²) in [5.74, 6) is 0.817. The fourth-order valence-corrected chi connectivity index (χ4v) is 3.06. The van der Waals surface area contributed by atoms with Crippen LogP contribution in [0.2, 0.25) is 0 Å². The van der Waals surface area contributed by atoms with Crippen LogP contribution >= 0.6 is 0 Å². The predicted molar refractivity (Wildman–Crippen MR) is 58.5 cm³/mol. The van der Waals surface area contributed by atoms with E-state index in [1.54, 1.807) is 0 Å². The van der Waals surface area contributed by atoms with Crippen LogP contribution in [-0.2, 0) is 4.79 Å². The normalized spacial score (nSPS) is 36.1. The number of carbonyl (C=O) groups is 1. The summed E-state index contributed by atoms with van der Waals surface area (Å²) in [4.78, 5) is 14.2. The van der Waals surface area contributed by atoms with Crippen molar-refractivity contribution in [3.05, 3.63) is 0 Å². The zero-order valence-corrected chi connectivity index (χ0v) is 9.24. The molecule has 3 aliphatic rings. The van der Waals surface area contributed by atoms with Gasteiger partial charge in [-0.1, -0.05) is 6.42 Å². The Labute approximate surface area is 91.2 Å². The second-order valence-corrected chi connectivity index (χ2v) is 5.34. The van der Waals surface area contributed by atoms with E-state index in [2.05, 4.69) is 10.2 Å². The molecule has 3 nitrogen and oxygen atoms in total. The summed E-state index contributed by atoms with van der Waals surface area (Å²) < 4.78 is 0. The average Bonchev–Trinajstić information content (AvgIpc) is 2.42. The molecule has 0 radical (unpaired) electrons. The Morgan fingerprint density at radius 2 is 1.87 bits per heavy atom. The van der Waals surface area contributed by atoms with Crippen LogP contribution in [0.3, 0.4) is 0 Å². The van der Waals surface area contributed by atoms with E-state index in [0.717, 1.165) is 32.4 Å². The van der Waals surface area contributed by atoms with Crippen LogP contribution in [0, 0.1) is 5.92 Å². The van der Waals surface area contributed by atoms with Gasteiger partial charge in [0, 0.05) is 31.1 Å². The summed E-state index contributed by atoms with van der Waals surface area (Å²) in [5.41, 5.74) is 0. The lowest BCUT2D eigenvalue weighted by Gasteiger charge is -2.32. The van der Waals surface area contributed by atoms with Crippen molar-refractivity contribution < 1.29 is 4.79 Å². The topological polar surface area (TPSA) is 32.3 Å². The zero-order chi connectivity index (χ0) is 10.3. The summed E-state index contributed by atoms with van der Waals surface area (Å²) in [5, 5.41) is 3.62. The van der Waals surface area contributed by atoms with E-state index < -0.39 is 0 Å². The molecule has 15 heavy (non-hydrogen) atoms. The maximum absolute atomic E-state index is 12.1. The van der Waals surface area contributed by atoms with Crippen molar-refractivity contribution >= 4 is 5.91 Å². The molecule has 3 fully saturated rings. The molecular formula is C12H20N2O. The van der Waals surface area contributed by atoms with Crippen LogP contribution in [0.5, 0.6) is 0 Å². The molecule has 3 heteroatoms. The molecule has 0 aromatic heterocycles. The van der Waals surface area contributed by atoms with E-state index in [0.29, 0.717) is 23.9 Å². The highest BCUT2D eigenvalue weighted by molar-refractivity contribution is 5.79. The van der Waals surface area contributed by atoms with Gasteiger partial charge >= 0.3 is 0 Å². The Hall–Kier alpha value is -0.570. The highest BCUT2D eigenvalue weighted by Gasteiger charge is 2.35. The van der Waals surface area contributed by atoms with Gasteiger partial charge in [-0.3, -0.25) is 4.79 Å². The molecule has 2 unspecified atom stereocenters. The minimum Gasteiger partial charge on any atom is -0.341 e. The van der Waals surface area contributed by atoms with Crippen molar-refractivity contribution in [2.24, 2.45) is 5.92 Å². The van der Waals surface area contributed by atoms with Gasteiger partial charge in [-0.2, -0.15) is 0 Å². The second-order valence-electron chi connectivity index (χ2n) is 5.34. The number of hydrogen-bond acceptors (Lipinski definition) is 2. The van der Waals surface area contributed by atoms with Gasteiger partial charge in [0.05, 0.1) is 0 Å². The first-order valence-corrected chi connectivity index (χ1v) is 6.38. The van der Waals surface area contributed by atoms with Crippen LogP contribution < -0.4 is 5.32 Å². The van der Waals surface area contributed by atoms with Crippen molar-refractivity contribution in [1.82, 2.24) is 10.2 Å². The SMILES string of the molecule is O=C(C1CCC1)N1CCC2CCC(C1)N2. The highest BCUT2D eigenvalue weighted by atomic mass is 16.2.